The Morgan fingerprint density at radius 2 is 2.07 bits per heavy atom. The first-order chi connectivity index (χ1) is 13.1. The number of allylic oxidation sites excluding steroid dienone is 1. The molecule has 0 bridgehead atoms. The number of rotatable bonds is 3. The molecule has 27 heavy (non-hydrogen) atoms. The molecule has 0 fully saturated rings. The predicted octanol–water partition coefficient (Wildman–Crippen LogP) is 1.89. The molecule has 0 atom stereocenters. The lowest BCUT2D eigenvalue weighted by atomic mass is 10.1. The third-order valence-corrected chi connectivity index (χ3v) is 4.16. The molecule has 8 heteroatoms. The second kappa shape index (κ2) is 6.41. The molecule has 2 N–H and O–H groups in total. The summed E-state index contributed by atoms with van der Waals surface area (Å²) in [7, 11) is 1.50. The van der Waals surface area contributed by atoms with Gasteiger partial charge in [-0.2, -0.15) is 0 Å². The van der Waals surface area contributed by atoms with E-state index in [9.17, 15) is 14.7 Å². The lowest BCUT2D eigenvalue weighted by Gasteiger charge is -2.11. The molecular formula is C19H14N4O4. The number of aliphatic imine (C=N–C) groups is 1. The molecule has 3 heterocycles. The summed E-state index contributed by atoms with van der Waals surface area (Å²) in [6, 6.07) is 10.1. The highest BCUT2D eigenvalue weighted by Gasteiger charge is 2.18. The molecule has 0 saturated heterocycles. The highest BCUT2D eigenvalue weighted by molar-refractivity contribution is 6.21. The maximum Gasteiger partial charge on any atom is 0.335 e. The van der Waals surface area contributed by atoms with E-state index in [0.29, 0.717) is 22.8 Å². The van der Waals surface area contributed by atoms with Crippen molar-refractivity contribution in [3.8, 4) is 17.3 Å². The predicted molar refractivity (Wildman–Crippen MR) is 101 cm³/mol. The van der Waals surface area contributed by atoms with Crippen molar-refractivity contribution in [1.82, 2.24) is 14.5 Å². The van der Waals surface area contributed by atoms with Crippen molar-refractivity contribution in [2.24, 2.45) is 4.99 Å². The Morgan fingerprint density at radius 3 is 2.89 bits per heavy atom. The highest BCUT2D eigenvalue weighted by Crippen LogP contribution is 2.31. The molecule has 1 aliphatic rings. The Balaban J connectivity index is 1.91. The Kier molecular flexibility index (Phi) is 3.92. The summed E-state index contributed by atoms with van der Waals surface area (Å²) in [5.41, 5.74) is 0.181. The van der Waals surface area contributed by atoms with Crippen LogP contribution in [-0.4, -0.2) is 33.0 Å². The summed E-state index contributed by atoms with van der Waals surface area (Å²) in [6.07, 6.45) is 4.64. The van der Waals surface area contributed by atoms with Crippen LogP contribution in [0.5, 0.6) is 11.6 Å². The van der Waals surface area contributed by atoms with Crippen LogP contribution in [0.1, 0.15) is 11.1 Å². The summed E-state index contributed by atoms with van der Waals surface area (Å²) in [5.74, 6) is 0.559. The number of hydrogen-bond acceptors (Lipinski definition) is 6. The van der Waals surface area contributed by atoms with Gasteiger partial charge in [0.2, 0.25) is 5.88 Å². The van der Waals surface area contributed by atoms with Gasteiger partial charge in [0.15, 0.2) is 5.82 Å². The van der Waals surface area contributed by atoms with E-state index in [2.05, 4.69) is 15.0 Å². The number of hydrogen-bond donors (Lipinski definition) is 2. The van der Waals surface area contributed by atoms with Crippen molar-refractivity contribution in [2.45, 2.75) is 0 Å². The van der Waals surface area contributed by atoms with Crippen LogP contribution in [0.25, 0.3) is 17.3 Å². The average Bonchev–Trinajstić information content (AvgIpc) is 3.08. The van der Waals surface area contributed by atoms with Crippen molar-refractivity contribution in [1.29, 1.82) is 0 Å². The lowest BCUT2D eigenvalue weighted by molar-refractivity contribution is 0.412. The number of nitrogens with one attached hydrogen (secondary N) is 1. The summed E-state index contributed by atoms with van der Waals surface area (Å²) >= 11 is 0. The van der Waals surface area contributed by atoms with Gasteiger partial charge in [0.1, 0.15) is 11.3 Å². The number of H-pyrrole nitrogens is 1. The maximum absolute atomic E-state index is 12.3. The third kappa shape index (κ3) is 2.82. The second-order valence-corrected chi connectivity index (χ2v) is 5.77. The minimum Gasteiger partial charge on any atom is -0.497 e. The number of benzene rings is 1. The van der Waals surface area contributed by atoms with Gasteiger partial charge in [0.05, 0.1) is 12.8 Å². The van der Waals surface area contributed by atoms with Gasteiger partial charge in [-0.3, -0.25) is 9.78 Å². The van der Waals surface area contributed by atoms with Crippen LogP contribution in [0.4, 0.5) is 5.82 Å². The van der Waals surface area contributed by atoms with Crippen LogP contribution >= 0.6 is 0 Å². The number of methoxy groups -OCH3 is 1. The minimum atomic E-state index is -0.755. The first-order valence-corrected chi connectivity index (χ1v) is 8.02. The van der Waals surface area contributed by atoms with Crippen LogP contribution in [0.2, 0.25) is 0 Å². The van der Waals surface area contributed by atoms with Gasteiger partial charge < -0.3 is 9.84 Å². The molecule has 1 aromatic carbocycles. The van der Waals surface area contributed by atoms with E-state index in [-0.39, 0.29) is 5.56 Å². The van der Waals surface area contributed by atoms with Gasteiger partial charge in [0.25, 0.3) is 5.56 Å². The van der Waals surface area contributed by atoms with Crippen molar-refractivity contribution in [3.63, 3.8) is 0 Å². The number of ether oxygens (including phenoxy) is 1. The average molecular weight is 362 g/mol. The molecular weight excluding hydrogens is 348 g/mol. The molecule has 3 aromatic rings. The summed E-state index contributed by atoms with van der Waals surface area (Å²) in [4.78, 5) is 35.1. The molecule has 4 rings (SSSR count). The largest absolute Gasteiger partial charge is 0.497 e. The van der Waals surface area contributed by atoms with Gasteiger partial charge in [-0.05, 0) is 30.3 Å². The minimum absolute atomic E-state index is 0.0597. The van der Waals surface area contributed by atoms with Crippen molar-refractivity contribution in [2.75, 3.05) is 7.11 Å². The van der Waals surface area contributed by atoms with E-state index in [1.807, 2.05) is 6.07 Å². The van der Waals surface area contributed by atoms with Gasteiger partial charge in [0, 0.05) is 29.6 Å². The molecule has 0 saturated carbocycles. The maximum atomic E-state index is 12.3. The summed E-state index contributed by atoms with van der Waals surface area (Å²) in [6.45, 7) is 0. The van der Waals surface area contributed by atoms with Crippen molar-refractivity contribution in [3.05, 3.63) is 74.6 Å². The quantitative estimate of drug-likeness (QED) is 0.739. The molecule has 0 aliphatic carbocycles. The van der Waals surface area contributed by atoms with E-state index >= 15 is 0 Å². The monoisotopic (exact) mass is 362 g/mol. The van der Waals surface area contributed by atoms with Crippen LogP contribution < -0.4 is 16.0 Å². The Labute approximate surface area is 152 Å². The van der Waals surface area contributed by atoms with Crippen LogP contribution in [-0.2, 0) is 0 Å². The first kappa shape index (κ1) is 16.5. The summed E-state index contributed by atoms with van der Waals surface area (Å²) in [5, 5.41) is 10.7. The standard InChI is InChI=1S/C19H14N4O4/c1-27-13-5-2-4-12(9-13)23-18(25)15(17(24)22-19(23)26)8-11-10-21-16-14(11)6-3-7-20-16/h2-10,25H,1H3,(H,22,24,26)/b11-8-. The van der Waals surface area contributed by atoms with Gasteiger partial charge in [-0.15, -0.1) is 0 Å². The normalized spacial score (nSPS) is 13.7. The topological polar surface area (TPSA) is 110 Å². The van der Waals surface area contributed by atoms with Crippen LogP contribution in [0, 0.1) is 0 Å². The molecule has 1 aliphatic heterocycles. The zero-order valence-corrected chi connectivity index (χ0v) is 14.2. The molecule has 2 aromatic heterocycles. The van der Waals surface area contributed by atoms with E-state index in [1.165, 1.54) is 13.2 Å². The van der Waals surface area contributed by atoms with E-state index in [1.54, 1.807) is 42.7 Å². The van der Waals surface area contributed by atoms with Crippen LogP contribution in [0.15, 0.2) is 57.2 Å². The van der Waals surface area contributed by atoms with Gasteiger partial charge in [-0.25, -0.2) is 19.3 Å². The van der Waals surface area contributed by atoms with Gasteiger partial charge in [-0.1, -0.05) is 6.07 Å². The fourth-order valence-electron chi connectivity index (χ4n) is 2.85. The zero-order valence-electron chi connectivity index (χ0n) is 14.2. The lowest BCUT2D eigenvalue weighted by Crippen LogP contribution is -2.30. The Morgan fingerprint density at radius 1 is 1.22 bits per heavy atom. The van der Waals surface area contributed by atoms with E-state index in [0.717, 1.165) is 10.1 Å². The molecule has 0 radical (unpaired) electrons. The van der Waals surface area contributed by atoms with Gasteiger partial charge >= 0.3 is 5.69 Å². The molecule has 8 nitrogen and oxygen atoms in total. The van der Waals surface area contributed by atoms with Crippen LogP contribution in [0.3, 0.4) is 0 Å². The summed E-state index contributed by atoms with van der Waals surface area (Å²) < 4.78 is 6.16. The second-order valence-electron chi connectivity index (χ2n) is 5.77. The SMILES string of the molecule is COc1cccc(-n2c(O)c(/C=C3/C=Nc4ncccc43)c(=O)[nH]c2=O)c1. The van der Waals surface area contributed by atoms with Crippen molar-refractivity contribution < 1.29 is 9.84 Å². The molecule has 0 spiro atoms. The zero-order chi connectivity index (χ0) is 19.0. The first-order valence-electron chi connectivity index (χ1n) is 8.02. The fraction of sp³-hybridized carbons (Fsp3) is 0.0526. The number of fused-ring (bicyclic) bond motifs is 1. The van der Waals surface area contributed by atoms with E-state index < -0.39 is 17.1 Å². The Hall–Kier alpha value is -3.94. The Bertz CT molecular complexity index is 1220. The smallest absolute Gasteiger partial charge is 0.335 e. The molecule has 134 valence electrons. The number of nitrogens with zero attached hydrogens (tertiary/aromatic N) is 3. The molecule has 0 unspecified atom stereocenters. The number of aromatic hydroxyl groups is 1. The molecule has 0 amide bonds. The highest BCUT2D eigenvalue weighted by atomic mass is 16.5. The number of aromatic nitrogens is 3. The van der Waals surface area contributed by atoms with E-state index in [4.69, 9.17) is 4.74 Å². The number of pyridine rings is 1. The van der Waals surface area contributed by atoms with Crippen molar-refractivity contribution >= 4 is 23.7 Å². The fourth-order valence-corrected chi connectivity index (χ4v) is 2.85. The third-order valence-electron chi connectivity index (χ3n) is 4.16. The number of aromatic amines is 1.